The maximum atomic E-state index is 14.6. The van der Waals surface area contributed by atoms with Gasteiger partial charge in [0.25, 0.3) is 0 Å². The summed E-state index contributed by atoms with van der Waals surface area (Å²) in [6, 6.07) is 20.3. The Labute approximate surface area is 452 Å². The lowest BCUT2D eigenvalue weighted by atomic mass is 9.79. The Morgan fingerprint density at radius 3 is 2.56 bits per heavy atom. The average molecular weight is 1060 g/mol. The van der Waals surface area contributed by atoms with Gasteiger partial charge in [0.2, 0.25) is 11.8 Å². The second-order valence-electron chi connectivity index (χ2n) is 22.9. The van der Waals surface area contributed by atoms with Crippen LogP contribution >= 0.6 is 11.3 Å². The van der Waals surface area contributed by atoms with Crippen molar-refractivity contribution in [3.63, 3.8) is 0 Å². The van der Waals surface area contributed by atoms with Gasteiger partial charge in [0.1, 0.15) is 30.1 Å². The van der Waals surface area contributed by atoms with E-state index >= 15 is 0 Å². The van der Waals surface area contributed by atoms with Crippen LogP contribution < -0.4 is 25.2 Å². The molecule has 5 fully saturated rings. The van der Waals surface area contributed by atoms with Gasteiger partial charge in [-0.05, 0) is 91.0 Å². The Bertz CT molecular complexity index is 3390. The minimum absolute atomic E-state index is 0.00867. The lowest BCUT2D eigenvalue weighted by molar-refractivity contribution is -0.141. The van der Waals surface area contributed by atoms with Crippen molar-refractivity contribution in [1.82, 2.24) is 45.5 Å². The molecule has 5 saturated heterocycles. The molecule has 3 unspecified atom stereocenters. The largest absolute Gasteiger partial charge is 0.508 e. The molecule has 2 bridgehead atoms. The number of fused-ring (bicyclic) bond motifs is 7. The van der Waals surface area contributed by atoms with Crippen molar-refractivity contribution in [3.05, 3.63) is 101 Å². The standard InChI is InChI=1S/C59H67N11O6S/c1-31(2)50(58(74)70-29-42(72)23-47(70)57(73)62-33(4)35-9-11-36(12-10-35)55-34(5)61-30-77-55)48-24-49(66-76-48)69-18-15-38-26-67(17-16-46(38)69)19-20-75-59-64-54-45(56(65-59)68-27-39-13-14-40(28-68)63-39)25-60-53-44-22-41(71)21-37-7-6-8-43(52(37)44)32(3)51(53)54/h6-12,21-22,24-25,30-33,38-40,42,46-47,50,63,71-72H,13-20,23,26-29H2,1-5H3,(H,62,73)/t32?,33-,38+,39?,40?,42+,46-,47-,50-/m0/s1. The molecule has 5 aliphatic heterocycles. The van der Waals surface area contributed by atoms with E-state index in [2.05, 4.69) is 60.6 Å². The minimum atomic E-state index is -0.818. The summed E-state index contributed by atoms with van der Waals surface area (Å²) in [5.74, 6) is 1.33. The number of anilines is 2. The van der Waals surface area contributed by atoms with E-state index in [0.717, 1.165) is 137 Å². The number of phenolic OH excluding ortho intramolecular Hbond substituents is 1. The Morgan fingerprint density at radius 2 is 1.78 bits per heavy atom. The van der Waals surface area contributed by atoms with Crippen LogP contribution in [0.15, 0.2) is 76.9 Å². The minimum Gasteiger partial charge on any atom is -0.508 e. The summed E-state index contributed by atoms with van der Waals surface area (Å²) in [4.78, 5) is 58.3. The van der Waals surface area contributed by atoms with Crippen LogP contribution in [-0.2, 0) is 9.59 Å². The maximum absolute atomic E-state index is 14.6. The topological polar surface area (TPSA) is 198 Å². The molecule has 400 valence electrons. The van der Waals surface area contributed by atoms with Crippen molar-refractivity contribution in [2.45, 2.75) is 115 Å². The molecule has 17 nitrogen and oxygen atoms in total. The summed E-state index contributed by atoms with van der Waals surface area (Å²) in [7, 11) is 0. The molecule has 3 aromatic carbocycles. The average Bonchev–Trinajstić information content (AvgIpc) is 4.42. The highest BCUT2D eigenvalue weighted by Crippen LogP contribution is 2.49. The molecule has 18 heteroatoms. The van der Waals surface area contributed by atoms with Gasteiger partial charge >= 0.3 is 6.01 Å². The molecular formula is C59H67N11O6S. The number of hydrogen-bond acceptors (Lipinski definition) is 16. The predicted octanol–water partition coefficient (Wildman–Crippen LogP) is 7.93. The zero-order chi connectivity index (χ0) is 52.8. The maximum Gasteiger partial charge on any atom is 0.319 e. The number of thiazole rings is 1. The molecule has 9 heterocycles. The van der Waals surface area contributed by atoms with E-state index in [1.54, 1.807) is 16.2 Å². The number of pyridine rings is 1. The van der Waals surface area contributed by atoms with E-state index in [1.807, 2.05) is 81.9 Å². The van der Waals surface area contributed by atoms with Gasteiger partial charge in [0.05, 0.1) is 44.8 Å². The van der Waals surface area contributed by atoms with Crippen LogP contribution in [0, 0.1) is 18.8 Å². The number of aliphatic hydroxyl groups is 1. The first-order chi connectivity index (χ1) is 37.3. The van der Waals surface area contributed by atoms with Crippen molar-refractivity contribution in [2.75, 3.05) is 62.2 Å². The highest BCUT2D eigenvalue weighted by molar-refractivity contribution is 7.13. The normalized spacial score (nSPS) is 24.7. The Hall–Kier alpha value is -6.73. The molecule has 4 N–H and O–H groups in total. The van der Waals surface area contributed by atoms with Gasteiger partial charge in [-0.25, -0.2) is 4.98 Å². The lowest BCUT2D eigenvalue weighted by Gasteiger charge is -2.37. The van der Waals surface area contributed by atoms with Crippen LogP contribution in [-0.4, -0.2) is 140 Å². The van der Waals surface area contributed by atoms with Gasteiger partial charge < -0.3 is 44.8 Å². The molecule has 0 radical (unpaired) electrons. The lowest BCUT2D eigenvalue weighted by Crippen LogP contribution is -2.51. The fraction of sp³-hybridized carbons (Fsp3) is 0.475. The molecular weight excluding hydrogens is 991 g/mol. The predicted molar refractivity (Wildman–Crippen MR) is 296 cm³/mol. The number of phenols is 1. The number of carbonyl (C=O) groups excluding carboxylic acids is 2. The number of piperidine rings is 1. The van der Waals surface area contributed by atoms with Crippen LogP contribution in [0.2, 0.25) is 0 Å². The van der Waals surface area contributed by atoms with Crippen LogP contribution in [0.3, 0.4) is 0 Å². The van der Waals surface area contributed by atoms with E-state index < -0.39 is 18.1 Å². The fourth-order valence-electron chi connectivity index (χ4n) is 13.8. The number of rotatable bonds is 13. The second-order valence-corrected chi connectivity index (χ2v) is 23.7. The second kappa shape index (κ2) is 19.9. The number of likely N-dealkylation sites (tertiary alicyclic amines) is 2. The summed E-state index contributed by atoms with van der Waals surface area (Å²) < 4.78 is 12.7. The molecule has 9 atom stereocenters. The van der Waals surface area contributed by atoms with E-state index in [9.17, 15) is 19.8 Å². The zero-order valence-electron chi connectivity index (χ0n) is 44.4. The molecule has 77 heavy (non-hydrogen) atoms. The molecule has 13 rings (SSSR count). The molecule has 4 aromatic heterocycles. The van der Waals surface area contributed by atoms with Crippen molar-refractivity contribution in [1.29, 1.82) is 0 Å². The summed E-state index contributed by atoms with van der Waals surface area (Å²) >= 11 is 1.60. The van der Waals surface area contributed by atoms with Crippen LogP contribution in [0.5, 0.6) is 11.8 Å². The number of aromatic hydroxyl groups is 1. The van der Waals surface area contributed by atoms with E-state index in [4.69, 9.17) is 24.2 Å². The smallest absolute Gasteiger partial charge is 0.319 e. The monoisotopic (exact) mass is 1060 g/mol. The molecule has 6 aliphatic rings. The van der Waals surface area contributed by atoms with Gasteiger partial charge in [-0.1, -0.05) is 68.4 Å². The van der Waals surface area contributed by atoms with Crippen LogP contribution in [0.1, 0.15) is 106 Å². The Kier molecular flexibility index (Phi) is 12.9. The summed E-state index contributed by atoms with van der Waals surface area (Å²) in [6.07, 6.45) is 5.52. The Morgan fingerprint density at radius 1 is 0.961 bits per heavy atom. The first kappa shape index (κ1) is 49.8. The number of piperazine rings is 1. The summed E-state index contributed by atoms with van der Waals surface area (Å²) in [5, 5.41) is 36.2. The number of benzene rings is 3. The van der Waals surface area contributed by atoms with Gasteiger partial charge in [-0.15, -0.1) is 11.3 Å². The quantitative estimate of drug-likeness (QED) is 0.0868. The fourth-order valence-corrected chi connectivity index (χ4v) is 14.6. The number of hydrogen-bond donors (Lipinski definition) is 4. The number of aliphatic hydroxyl groups excluding tert-OH is 1. The van der Waals surface area contributed by atoms with Gasteiger partial charge in [-0.2, -0.15) is 9.97 Å². The third-order valence-corrected chi connectivity index (χ3v) is 18.6. The van der Waals surface area contributed by atoms with Gasteiger partial charge in [0, 0.05) is 99.7 Å². The molecule has 1 aliphatic carbocycles. The molecule has 0 saturated carbocycles. The third-order valence-electron chi connectivity index (χ3n) is 17.7. The highest BCUT2D eigenvalue weighted by Gasteiger charge is 2.45. The zero-order valence-corrected chi connectivity index (χ0v) is 45.2. The number of aryl methyl sites for hydroxylation is 1. The van der Waals surface area contributed by atoms with Crippen molar-refractivity contribution >= 4 is 56.5 Å². The number of amides is 2. The molecule has 2 amide bonds. The number of nitrogens with zero attached hydrogens (tertiary/aromatic N) is 9. The molecule has 0 spiro atoms. The van der Waals surface area contributed by atoms with E-state index in [0.29, 0.717) is 36.4 Å². The van der Waals surface area contributed by atoms with Crippen molar-refractivity contribution < 1.29 is 29.1 Å². The number of β-amino-alcohol motifs (C(OH)–C–C–N with tert-alkyl or cyclic N) is 1. The van der Waals surface area contributed by atoms with E-state index in [1.165, 1.54) is 5.56 Å². The third kappa shape index (κ3) is 9.03. The SMILES string of the molecule is Cc1ncsc1-c1ccc([C@H](C)NC(=O)[C@@H]2C[C@@H](O)CN2C(=O)[C@H](c2cc(N3CC[C@@H]4CN(CCOc5nc(N6CC7CCC(C6)N7)c6cnc7c(c6n5)C(C)c5cccc6cc(O)cc-7c56)CC[C@@H]43)no2)C(C)C)cc1. The summed E-state index contributed by atoms with van der Waals surface area (Å²) in [6.45, 7) is 15.7. The van der Waals surface area contributed by atoms with Crippen LogP contribution in [0.25, 0.3) is 43.4 Å². The number of ether oxygens (including phenoxy) is 1. The highest BCUT2D eigenvalue weighted by atomic mass is 32.1. The number of aromatic nitrogens is 5. The first-order valence-corrected chi connectivity index (χ1v) is 28.6. The Balaban J connectivity index is 0.670. The molecule has 7 aromatic rings. The number of nitrogens with one attached hydrogen (secondary N) is 2. The van der Waals surface area contributed by atoms with Gasteiger partial charge in [0.15, 0.2) is 11.6 Å². The number of carbonyl (C=O) groups is 2. The summed E-state index contributed by atoms with van der Waals surface area (Å²) in [5.41, 5.74) is 9.68. The van der Waals surface area contributed by atoms with Crippen molar-refractivity contribution in [3.8, 4) is 33.5 Å². The van der Waals surface area contributed by atoms with Crippen molar-refractivity contribution in [2.24, 2.45) is 11.8 Å². The van der Waals surface area contributed by atoms with Crippen LogP contribution in [0.4, 0.5) is 11.6 Å². The first-order valence-electron chi connectivity index (χ1n) is 27.7. The van der Waals surface area contributed by atoms with Gasteiger partial charge in [-0.3, -0.25) is 19.5 Å². The van der Waals surface area contributed by atoms with E-state index in [-0.39, 0.29) is 54.4 Å².